The van der Waals surface area contributed by atoms with E-state index in [9.17, 15) is 23.1 Å². The molecular weight excluding hydrogens is 343 g/mol. The molecule has 0 saturated carbocycles. The summed E-state index contributed by atoms with van der Waals surface area (Å²) in [4.78, 5) is 18.4. The van der Waals surface area contributed by atoms with Gasteiger partial charge >= 0.3 is 12.1 Å². The smallest absolute Gasteiger partial charge is 0.423 e. The second kappa shape index (κ2) is 6.30. The molecular formula is C15H14F3N3O4. The van der Waals surface area contributed by atoms with Crippen molar-refractivity contribution < 1.29 is 37.4 Å². The van der Waals surface area contributed by atoms with Gasteiger partial charge in [0.1, 0.15) is 0 Å². The maximum atomic E-state index is 13.2. The van der Waals surface area contributed by atoms with Crippen molar-refractivity contribution in [3.63, 3.8) is 0 Å². The molecule has 0 radical (unpaired) electrons. The second-order valence-corrected chi connectivity index (χ2v) is 5.07. The van der Waals surface area contributed by atoms with Crippen LogP contribution in [0.2, 0.25) is 0 Å². The molecule has 2 aromatic rings. The van der Waals surface area contributed by atoms with Crippen LogP contribution in [0.5, 0.6) is 0 Å². The summed E-state index contributed by atoms with van der Waals surface area (Å²) in [6, 6.07) is 2.18. The van der Waals surface area contributed by atoms with Crippen molar-refractivity contribution >= 4 is 11.8 Å². The Balaban J connectivity index is 2.81. The number of nitrogens with two attached hydrogens (primary N) is 1. The number of alkyl halides is 3. The summed E-state index contributed by atoms with van der Waals surface area (Å²) in [5.74, 6) is -2.06. The van der Waals surface area contributed by atoms with E-state index in [1.54, 1.807) is 0 Å². The first-order chi connectivity index (χ1) is 12.7. The lowest BCUT2D eigenvalue weighted by Crippen LogP contribution is -2.45. The minimum Gasteiger partial charge on any atom is -0.476 e. The van der Waals surface area contributed by atoms with E-state index in [1.165, 1.54) is 0 Å². The van der Waals surface area contributed by atoms with E-state index in [1.807, 2.05) is 0 Å². The minimum absolute atomic E-state index is 0.387. The number of hydrogen-bond donors (Lipinski definition) is 4. The average Bonchev–Trinajstić information content (AvgIpc) is 2.58. The highest BCUT2D eigenvalue weighted by Gasteiger charge is 2.54. The third-order valence-electron chi connectivity index (χ3n) is 3.47. The van der Waals surface area contributed by atoms with Gasteiger partial charge in [0.05, 0.1) is 18.5 Å². The number of carboxylic acids is 1. The molecule has 0 aliphatic carbocycles. The van der Waals surface area contributed by atoms with Gasteiger partial charge in [-0.2, -0.15) is 13.2 Å². The zero-order chi connectivity index (χ0) is 21.5. The van der Waals surface area contributed by atoms with Gasteiger partial charge < -0.3 is 21.1 Å². The van der Waals surface area contributed by atoms with Gasteiger partial charge in [-0.15, -0.1) is 0 Å². The number of carboxylic acid groups (broad SMARTS) is 1. The van der Waals surface area contributed by atoms with E-state index in [4.69, 9.17) is 20.1 Å². The number of aliphatic hydroxyl groups excluding tert-OH is 1. The molecule has 0 saturated heterocycles. The van der Waals surface area contributed by atoms with Crippen molar-refractivity contribution in [2.45, 2.75) is 18.6 Å². The molecule has 7 nitrogen and oxygen atoms in total. The van der Waals surface area contributed by atoms with E-state index in [0.29, 0.717) is 12.1 Å². The van der Waals surface area contributed by atoms with Crippen molar-refractivity contribution in [3.8, 4) is 11.3 Å². The number of halogens is 3. The Morgan fingerprint density at radius 2 is 2.08 bits per heavy atom. The number of carbonyl (C=O) groups is 1. The van der Waals surface area contributed by atoms with E-state index < -0.39 is 59.4 Å². The molecule has 1 aromatic heterocycles. The number of nitrogens with zero attached hydrogens (tertiary/aromatic N) is 2. The van der Waals surface area contributed by atoms with Crippen LogP contribution in [0.1, 0.15) is 25.7 Å². The molecule has 5 N–H and O–H groups in total. The highest BCUT2D eigenvalue weighted by atomic mass is 19.4. The molecule has 1 aromatic carbocycles. The summed E-state index contributed by atoms with van der Waals surface area (Å²) < 4.78 is 62.4. The first-order valence-corrected chi connectivity index (χ1v) is 6.63. The maximum Gasteiger partial charge on any atom is 0.423 e. The SMILES string of the molecule is [2H]C([2H])([2H])c1ccc(C(O)(CO)C(F)(F)F)cc1-c1cnc(N)c(C(=O)O)n1. The standard InChI is InChI=1S/C15H14F3N3O4/c1-7-2-3-8(14(25,6-22)15(16,17)18)4-9(7)10-5-20-12(19)11(21-10)13(23)24/h2-5,22,25H,6H2,1H3,(H2,19,20)(H,23,24)/i1D3. The number of aryl methyl sites for hydroxylation is 1. The molecule has 0 spiro atoms. The third kappa shape index (κ3) is 3.26. The van der Waals surface area contributed by atoms with Gasteiger partial charge in [0, 0.05) is 9.68 Å². The summed E-state index contributed by atoms with van der Waals surface area (Å²) in [7, 11) is 0. The van der Waals surface area contributed by atoms with Crippen LogP contribution in [0.3, 0.4) is 0 Å². The molecule has 1 unspecified atom stereocenters. The van der Waals surface area contributed by atoms with Crippen LogP contribution in [0.4, 0.5) is 19.0 Å². The van der Waals surface area contributed by atoms with Crippen LogP contribution in [-0.2, 0) is 5.60 Å². The third-order valence-corrected chi connectivity index (χ3v) is 3.47. The molecule has 2 rings (SSSR count). The number of hydrogen-bond acceptors (Lipinski definition) is 6. The molecule has 1 heterocycles. The van der Waals surface area contributed by atoms with Crippen molar-refractivity contribution in [1.29, 1.82) is 0 Å². The number of aliphatic hydroxyl groups is 2. The molecule has 0 bridgehead atoms. The van der Waals surface area contributed by atoms with Crippen LogP contribution in [-0.4, -0.2) is 44.0 Å². The first kappa shape index (κ1) is 14.6. The normalized spacial score (nSPS) is 16.4. The number of aromatic nitrogens is 2. The molecule has 1 atom stereocenters. The molecule has 10 heteroatoms. The fourth-order valence-electron chi connectivity index (χ4n) is 2.04. The minimum atomic E-state index is -5.28. The Hall–Kier alpha value is -2.72. The summed E-state index contributed by atoms with van der Waals surface area (Å²) in [6.07, 6.45) is -4.39. The lowest BCUT2D eigenvalue weighted by atomic mass is 9.90. The predicted molar refractivity (Wildman–Crippen MR) is 80.6 cm³/mol. The summed E-state index contributed by atoms with van der Waals surface area (Å²) >= 11 is 0. The van der Waals surface area contributed by atoms with Crippen molar-refractivity contribution in [2.24, 2.45) is 0 Å². The fourth-order valence-corrected chi connectivity index (χ4v) is 2.04. The van der Waals surface area contributed by atoms with Gasteiger partial charge in [0.2, 0.25) is 5.60 Å². The van der Waals surface area contributed by atoms with E-state index in [2.05, 4.69) is 9.97 Å². The lowest BCUT2D eigenvalue weighted by Gasteiger charge is -2.29. The average molecular weight is 360 g/mol. The van der Waals surface area contributed by atoms with Gasteiger partial charge in [-0.1, -0.05) is 12.1 Å². The lowest BCUT2D eigenvalue weighted by molar-refractivity contribution is -0.277. The van der Waals surface area contributed by atoms with Gasteiger partial charge in [0.25, 0.3) is 0 Å². The highest BCUT2D eigenvalue weighted by Crippen LogP contribution is 2.40. The van der Waals surface area contributed by atoms with Gasteiger partial charge in [-0.3, -0.25) is 0 Å². The predicted octanol–water partition coefficient (Wildman–Crippen LogP) is 1.47. The van der Waals surface area contributed by atoms with Gasteiger partial charge in [-0.25, -0.2) is 14.8 Å². The fraction of sp³-hybridized carbons (Fsp3) is 0.267. The van der Waals surface area contributed by atoms with E-state index in [-0.39, 0.29) is 5.69 Å². The molecule has 0 amide bonds. The van der Waals surface area contributed by atoms with Crippen molar-refractivity contribution in [1.82, 2.24) is 9.97 Å². The summed E-state index contributed by atoms with van der Waals surface area (Å²) in [5.41, 5.74) is -1.16. The number of rotatable bonds is 4. The maximum absolute atomic E-state index is 13.2. The first-order valence-electron chi connectivity index (χ1n) is 8.13. The van der Waals surface area contributed by atoms with Crippen molar-refractivity contribution in [2.75, 3.05) is 12.3 Å². The van der Waals surface area contributed by atoms with Crippen LogP contribution < -0.4 is 5.73 Å². The van der Waals surface area contributed by atoms with E-state index >= 15 is 0 Å². The second-order valence-electron chi connectivity index (χ2n) is 5.07. The molecule has 0 aliphatic rings. The molecule has 0 fully saturated rings. The summed E-state index contributed by atoms with van der Waals surface area (Å²) in [6.45, 7) is -4.53. The summed E-state index contributed by atoms with van der Waals surface area (Å²) in [5, 5.41) is 28.1. The highest BCUT2D eigenvalue weighted by molar-refractivity contribution is 5.91. The Morgan fingerprint density at radius 1 is 1.40 bits per heavy atom. The van der Waals surface area contributed by atoms with Crippen molar-refractivity contribution in [3.05, 3.63) is 41.2 Å². The molecule has 0 aliphatic heterocycles. The number of benzene rings is 1. The number of aromatic carboxylic acids is 1. The molecule has 25 heavy (non-hydrogen) atoms. The van der Waals surface area contributed by atoms with Gasteiger partial charge in [-0.05, 0) is 24.0 Å². The Morgan fingerprint density at radius 3 is 2.60 bits per heavy atom. The zero-order valence-corrected chi connectivity index (χ0v) is 12.4. The van der Waals surface area contributed by atoms with Gasteiger partial charge in [0.15, 0.2) is 11.5 Å². The Bertz CT molecular complexity index is 922. The Labute approximate surface area is 143 Å². The van der Waals surface area contributed by atoms with Crippen LogP contribution in [0, 0.1) is 6.85 Å². The number of nitrogen functional groups attached to an aromatic ring is 1. The quantitative estimate of drug-likeness (QED) is 0.650. The monoisotopic (exact) mass is 360 g/mol. The largest absolute Gasteiger partial charge is 0.476 e. The zero-order valence-electron chi connectivity index (χ0n) is 15.4. The topological polar surface area (TPSA) is 130 Å². The molecule has 134 valence electrons. The van der Waals surface area contributed by atoms with Crippen LogP contribution in [0.25, 0.3) is 11.3 Å². The number of anilines is 1. The Kier molecular flexibility index (Phi) is 3.68. The van der Waals surface area contributed by atoms with Crippen LogP contribution >= 0.6 is 0 Å². The van der Waals surface area contributed by atoms with Crippen LogP contribution in [0.15, 0.2) is 24.4 Å². The van der Waals surface area contributed by atoms with E-state index in [0.717, 1.165) is 12.3 Å².